The summed E-state index contributed by atoms with van der Waals surface area (Å²) in [5, 5.41) is 6.40. The van der Waals surface area contributed by atoms with Crippen molar-refractivity contribution in [2.45, 2.75) is 6.54 Å². The van der Waals surface area contributed by atoms with Crippen LogP contribution in [0.3, 0.4) is 0 Å². The summed E-state index contributed by atoms with van der Waals surface area (Å²) in [6, 6.07) is 10.6. The number of rotatable bonds is 3. The minimum Gasteiger partial charge on any atom is -0.365 e. The van der Waals surface area contributed by atoms with Gasteiger partial charge in [-0.25, -0.2) is 9.37 Å². The molecule has 0 saturated heterocycles. The lowest BCUT2D eigenvalue weighted by molar-refractivity contribution is 0.626. The molecule has 0 aliphatic heterocycles. The molecule has 0 saturated carbocycles. The van der Waals surface area contributed by atoms with E-state index >= 15 is 0 Å². The number of thiophene rings is 1. The van der Waals surface area contributed by atoms with E-state index in [-0.39, 0.29) is 5.82 Å². The number of aromatic nitrogens is 1. The van der Waals surface area contributed by atoms with Gasteiger partial charge in [-0.15, -0.1) is 11.3 Å². The third-order valence-electron chi connectivity index (χ3n) is 2.73. The molecular formula is C14H11FN2S. The Hall–Kier alpha value is -1.94. The van der Waals surface area contributed by atoms with Crippen LogP contribution in [0.15, 0.2) is 48.0 Å². The zero-order chi connectivity index (χ0) is 12.4. The number of nitrogens with zero attached hydrogens (tertiary/aromatic N) is 1. The molecule has 0 unspecified atom stereocenters. The van der Waals surface area contributed by atoms with E-state index in [1.54, 1.807) is 23.6 Å². The fourth-order valence-electron chi connectivity index (χ4n) is 1.87. The van der Waals surface area contributed by atoms with Gasteiger partial charge in [-0.1, -0.05) is 12.1 Å². The van der Waals surface area contributed by atoms with Gasteiger partial charge in [-0.2, -0.15) is 0 Å². The number of hydrogen-bond donors (Lipinski definition) is 1. The minimum atomic E-state index is -0.212. The molecule has 0 amide bonds. The topological polar surface area (TPSA) is 24.9 Å². The van der Waals surface area contributed by atoms with Crippen LogP contribution in [-0.4, -0.2) is 4.98 Å². The third-order valence-corrected chi connectivity index (χ3v) is 3.61. The van der Waals surface area contributed by atoms with Gasteiger partial charge in [0.05, 0.1) is 0 Å². The normalized spacial score (nSPS) is 10.7. The molecule has 1 N–H and O–H groups in total. The molecule has 3 rings (SSSR count). The maximum Gasteiger partial charge on any atom is 0.134 e. The fraction of sp³-hybridized carbons (Fsp3) is 0.0714. The standard InChI is InChI=1S/C14H11FN2S/c15-11-3-1-2-10(8-11)9-17-14-12-5-7-18-13(12)4-6-16-14/h1-8H,9H2,(H,16,17). The van der Waals surface area contributed by atoms with Crippen molar-refractivity contribution in [3.63, 3.8) is 0 Å². The largest absolute Gasteiger partial charge is 0.365 e. The Bertz CT molecular complexity index is 678. The number of nitrogens with one attached hydrogen (secondary N) is 1. The third kappa shape index (κ3) is 2.19. The second kappa shape index (κ2) is 4.74. The predicted octanol–water partition coefficient (Wildman–Crippen LogP) is 4.05. The molecule has 2 aromatic heterocycles. The summed E-state index contributed by atoms with van der Waals surface area (Å²) in [6.45, 7) is 0.569. The van der Waals surface area contributed by atoms with E-state index < -0.39 is 0 Å². The first-order valence-corrected chi connectivity index (χ1v) is 6.51. The van der Waals surface area contributed by atoms with E-state index in [1.165, 1.54) is 16.8 Å². The Morgan fingerprint density at radius 3 is 3.06 bits per heavy atom. The van der Waals surface area contributed by atoms with E-state index in [2.05, 4.69) is 10.3 Å². The van der Waals surface area contributed by atoms with E-state index in [0.29, 0.717) is 6.54 Å². The van der Waals surface area contributed by atoms with Crippen molar-refractivity contribution < 1.29 is 4.39 Å². The molecule has 0 bridgehead atoms. The maximum atomic E-state index is 13.1. The van der Waals surface area contributed by atoms with Crippen LogP contribution in [0.2, 0.25) is 0 Å². The molecule has 0 atom stereocenters. The number of hydrogen-bond acceptors (Lipinski definition) is 3. The highest BCUT2D eigenvalue weighted by molar-refractivity contribution is 7.17. The van der Waals surface area contributed by atoms with Crippen LogP contribution in [0, 0.1) is 5.82 Å². The second-order valence-corrected chi connectivity index (χ2v) is 4.92. The van der Waals surface area contributed by atoms with Gasteiger partial charge in [0, 0.05) is 22.8 Å². The Balaban J connectivity index is 1.83. The molecule has 2 heterocycles. The molecule has 18 heavy (non-hydrogen) atoms. The molecule has 0 fully saturated rings. The van der Waals surface area contributed by atoms with Gasteiger partial charge in [0.1, 0.15) is 11.6 Å². The van der Waals surface area contributed by atoms with Gasteiger partial charge >= 0.3 is 0 Å². The Morgan fingerprint density at radius 2 is 2.17 bits per heavy atom. The zero-order valence-electron chi connectivity index (χ0n) is 9.56. The summed E-state index contributed by atoms with van der Waals surface area (Å²) < 4.78 is 14.3. The van der Waals surface area contributed by atoms with Crippen molar-refractivity contribution in [1.82, 2.24) is 4.98 Å². The van der Waals surface area contributed by atoms with E-state index in [0.717, 1.165) is 16.8 Å². The summed E-state index contributed by atoms with van der Waals surface area (Å²) in [7, 11) is 0. The van der Waals surface area contributed by atoms with Crippen molar-refractivity contribution in [2.75, 3.05) is 5.32 Å². The average Bonchev–Trinajstić information content (AvgIpc) is 2.85. The smallest absolute Gasteiger partial charge is 0.134 e. The summed E-state index contributed by atoms with van der Waals surface area (Å²) >= 11 is 1.69. The fourth-order valence-corrected chi connectivity index (χ4v) is 2.65. The number of anilines is 1. The predicted molar refractivity (Wildman–Crippen MR) is 73.3 cm³/mol. The molecule has 90 valence electrons. The molecule has 0 radical (unpaired) electrons. The first kappa shape index (κ1) is 11.2. The molecule has 0 aliphatic carbocycles. The highest BCUT2D eigenvalue weighted by atomic mass is 32.1. The van der Waals surface area contributed by atoms with Crippen molar-refractivity contribution in [3.05, 3.63) is 59.4 Å². The molecule has 2 nitrogen and oxygen atoms in total. The van der Waals surface area contributed by atoms with Gasteiger partial charge in [0.25, 0.3) is 0 Å². The summed E-state index contributed by atoms with van der Waals surface area (Å²) in [6.07, 6.45) is 1.78. The lowest BCUT2D eigenvalue weighted by Gasteiger charge is -2.06. The van der Waals surface area contributed by atoms with Gasteiger partial charge < -0.3 is 5.32 Å². The summed E-state index contributed by atoms with van der Waals surface area (Å²) in [5.74, 6) is 0.633. The molecule has 1 aromatic carbocycles. The number of fused-ring (bicyclic) bond motifs is 1. The molecule has 4 heteroatoms. The molecular weight excluding hydrogens is 247 g/mol. The Kier molecular flexibility index (Phi) is 2.94. The lowest BCUT2D eigenvalue weighted by atomic mass is 10.2. The first-order valence-electron chi connectivity index (χ1n) is 5.63. The average molecular weight is 258 g/mol. The van der Waals surface area contributed by atoms with E-state index in [1.807, 2.05) is 23.6 Å². The highest BCUT2D eigenvalue weighted by Gasteiger charge is 2.03. The number of benzene rings is 1. The monoisotopic (exact) mass is 258 g/mol. The molecule has 3 aromatic rings. The van der Waals surface area contributed by atoms with E-state index in [9.17, 15) is 4.39 Å². The number of halogens is 1. The minimum absolute atomic E-state index is 0.212. The van der Waals surface area contributed by atoms with Gasteiger partial charge in [0.2, 0.25) is 0 Å². The van der Waals surface area contributed by atoms with Crippen molar-refractivity contribution >= 4 is 27.2 Å². The Labute approximate surface area is 108 Å². The maximum absolute atomic E-state index is 13.1. The SMILES string of the molecule is Fc1cccc(CNc2nccc3sccc23)c1. The molecule has 0 spiro atoms. The van der Waals surface area contributed by atoms with Crippen LogP contribution < -0.4 is 5.32 Å². The summed E-state index contributed by atoms with van der Waals surface area (Å²) in [4.78, 5) is 4.32. The van der Waals surface area contributed by atoms with Crippen molar-refractivity contribution in [1.29, 1.82) is 0 Å². The zero-order valence-corrected chi connectivity index (χ0v) is 10.4. The van der Waals surface area contributed by atoms with Crippen molar-refractivity contribution in [3.8, 4) is 0 Å². The Morgan fingerprint density at radius 1 is 1.22 bits per heavy atom. The summed E-state index contributed by atoms with van der Waals surface area (Å²) in [5.41, 5.74) is 0.907. The van der Waals surface area contributed by atoms with Crippen LogP contribution in [-0.2, 0) is 6.54 Å². The van der Waals surface area contributed by atoms with Crippen LogP contribution in [0.25, 0.3) is 10.1 Å². The van der Waals surface area contributed by atoms with E-state index in [4.69, 9.17) is 0 Å². The van der Waals surface area contributed by atoms with Crippen LogP contribution >= 0.6 is 11.3 Å². The highest BCUT2D eigenvalue weighted by Crippen LogP contribution is 2.26. The molecule has 0 aliphatic rings. The lowest BCUT2D eigenvalue weighted by Crippen LogP contribution is -2.01. The number of pyridine rings is 1. The second-order valence-electron chi connectivity index (χ2n) is 3.98. The van der Waals surface area contributed by atoms with Gasteiger partial charge in [0.15, 0.2) is 0 Å². The van der Waals surface area contributed by atoms with Crippen LogP contribution in [0.1, 0.15) is 5.56 Å². The van der Waals surface area contributed by atoms with Crippen LogP contribution in [0.4, 0.5) is 10.2 Å². The van der Waals surface area contributed by atoms with Gasteiger partial charge in [-0.05, 0) is 35.2 Å². The first-order chi connectivity index (χ1) is 8.83. The van der Waals surface area contributed by atoms with Crippen molar-refractivity contribution in [2.24, 2.45) is 0 Å². The van der Waals surface area contributed by atoms with Gasteiger partial charge in [-0.3, -0.25) is 0 Å². The quantitative estimate of drug-likeness (QED) is 0.766. The van der Waals surface area contributed by atoms with Crippen LogP contribution in [0.5, 0.6) is 0 Å².